The molecule has 3 N–H and O–H groups in total. The number of hydrogen-bond donors (Lipinski definition) is 2. The van der Waals surface area contributed by atoms with Gasteiger partial charge in [0.1, 0.15) is 12.7 Å². The van der Waals surface area contributed by atoms with Gasteiger partial charge in [-0.1, -0.05) is 18.2 Å². The number of benzene rings is 1. The summed E-state index contributed by atoms with van der Waals surface area (Å²) >= 11 is 0. The topological polar surface area (TPSA) is 143 Å². The second kappa shape index (κ2) is 8.84. The van der Waals surface area contributed by atoms with Crippen molar-refractivity contribution >= 4 is 11.9 Å². The normalized spacial score (nSPS) is 23.5. The number of H-pyrrole nitrogens is 1. The minimum Gasteiger partial charge on any atom is -0.459 e. The number of carbonyl (C=O) groups is 2. The van der Waals surface area contributed by atoms with Gasteiger partial charge in [0.05, 0.1) is 5.56 Å². The molecule has 10 nitrogen and oxygen atoms in total. The first-order chi connectivity index (χ1) is 13.9. The van der Waals surface area contributed by atoms with Crippen LogP contribution in [-0.4, -0.2) is 46.8 Å². The van der Waals surface area contributed by atoms with Gasteiger partial charge in [0.2, 0.25) is 0 Å². The quantitative estimate of drug-likeness (QED) is 0.631. The van der Waals surface area contributed by atoms with Crippen LogP contribution in [0.25, 0.3) is 0 Å². The van der Waals surface area contributed by atoms with Gasteiger partial charge in [-0.25, -0.2) is 9.59 Å². The van der Waals surface area contributed by atoms with Crippen molar-refractivity contribution in [1.82, 2.24) is 9.55 Å². The highest BCUT2D eigenvalue weighted by atomic mass is 16.6. The lowest BCUT2D eigenvalue weighted by molar-refractivity contribution is -0.154. The summed E-state index contributed by atoms with van der Waals surface area (Å²) < 4.78 is 17.7. The van der Waals surface area contributed by atoms with E-state index < -0.39 is 47.5 Å². The monoisotopic (exact) mass is 403 g/mol. The first-order valence-corrected chi connectivity index (χ1v) is 8.97. The minimum absolute atomic E-state index is 0.0557. The molecule has 1 saturated heterocycles. The average Bonchev–Trinajstić information content (AvgIpc) is 3.03. The molecule has 154 valence electrons. The van der Waals surface area contributed by atoms with E-state index in [-0.39, 0.29) is 13.2 Å². The van der Waals surface area contributed by atoms with E-state index in [0.29, 0.717) is 5.56 Å². The maximum Gasteiger partial charge on any atom is 0.338 e. The molecule has 0 aliphatic carbocycles. The number of ether oxygens (including phenoxy) is 3. The Morgan fingerprint density at radius 3 is 2.55 bits per heavy atom. The maximum absolute atomic E-state index is 12.2. The number of esters is 2. The number of hydrogen-bond acceptors (Lipinski definition) is 8. The fourth-order valence-electron chi connectivity index (χ4n) is 3.23. The molecule has 1 aliphatic heterocycles. The Bertz CT molecular complexity index is 985. The molecule has 1 aromatic carbocycles. The van der Waals surface area contributed by atoms with Crippen LogP contribution in [0.2, 0.25) is 0 Å². The number of nitrogens with zero attached hydrogens (tertiary/aromatic N) is 1. The zero-order valence-electron chi connectivity index (χ0n) is 15.6. The van der Waals surface area contributed by atoms with Crippen LogP contribution in [0.1, 0.15) is 23.5 Å². The van der Waals surface area contributed by atoms with Crippen LogP contribution in [0.5, 0.6) is 0 Å². The van der Waals surface area contributed by atoms with Crippen LogP contribution in [0.3, 0.4) is 0 Å². The molecule has 1 aromatic heterocycles. The standard InChI is InChI=1S/C19H21N3O7/c1-11(23)28-16-13(9-20)14(10-27-18(25)12-5-3-2-4-6-12)29-17(16)22-8-7-15(24)21-19(22)26/h2-8,13-14,16-17H,9-10,20H2,1H3,(H,21,24,26)/t13-,14-,16-,17-/m1/s1. The zero-order valence-corrected chi connectivity index (χ0v) is 15.6. The molecule has 0 unspecified atom stereocenters. The molecule has 29 heavy (non-hydrogen) atoms. The molecule has 4 atom stereocenters. The van der Waals surface area contributed by atoms with Crippen LogP contribution < -0.4 is 17.0 Å². The first kappa shape index (κ1) is 20.5. The molecular formula is C19H21N3O7. The van der Waals surface area contributed by atoms with Crippen LogP contribution in [0, 0.1) is 5.92 Å². The largest absolute Gasteiger partial charge is 0.459 e. The Kier molecular flexibility index (Phi) is 6.25. The highest BCUT2D eigenvalue weighted by molar-refractivity contribution is 5.89. The van der Waals surface area contributed by atoms with Crippen LogP contribution in [-0.2, 0) is 19.0 Å². The van der Waals surface area contributed by atoms with Gasteiger partial charge in [-0.2, -0.15) is 0 Å². The van der Waals surface area contributed by atoms with Crippen LogP contribution >= 0.6 is 0 Å². The zero-order chi connectivity index (χ0) is 21.0. The average molecular weight is 403 g/mol. The van der Waals surface area contributed by atoms with Crippen LogP contribution in [0.4, 0.5) is 0 Å². The maximum atomic E-state index is 12.2. The Morgan fingerprint density at radius 2 is 1.93 bits per heavy atom. The molecule has 3 rings (SSSR count). The van der Waals surface area contributed by atoms with Crippen molar-refractivity contribution in [2.24, 2.45) is 11.7 Å². The van der Waals surface area contributed by atoms with E-state index in [1.165, 1.54) is 13.1 Å². The summed E-state index contributed by atoms with van der Waals surface area (Å²) in [5, 5.41) is 0. The summed E-state index contributed by atoms with van der Waals surface area (Å²) in [6.07, 6.45) is -1.41. The number of aromatic nitrogens is 2. The summed E-state index contributed by atoms with van der Waals surface area (Å²) in [6, 6.07) is 9.57. The molecule has 10 heteroatoms. The molecule has 1 aliphatic rings. The van der Waals surface area contributed by atoms with Crippen molar-refractivity contribution in [1.29, 1.82) is 0 Å². The molecule has 0 spiro atoms. The van der Waals surface area contributed by atoms with E-state index in [4.69, 9.17) is 19.9 Å². The van der Waals surface area contributed by atoms with Crippen molar-refractivity contribution < 1.29 is 23.8 Å². The fourth-order valence-corrected chi connectivity index (χ4v) is 3.23. The van der Waals surface area contributed by atoms with Crippen molar-refractivity contribution in [3.05, 3.63) is 69.0 Å². The van der Waals surface area contributed by atoms with E-state index in [0.717, 1.165) is 10.6 Å². The summed E-state index contributed by atoms with van der Waals surface area (Å²) in [7, 11) is 0. The molecule has 2 aromatic rings. The Labute approximate surface area is 165 Å². The summed E-state index contributed by atoms with van der Waals surface area (Å²) in [4.78, 5) is 49.4. The highest BCUT2D eigenvalue weighted by Crippen LogP contribution is 2.35. The Hall–Kier alpha value is -3.24. The fraction of sp³-hybridized carbons (Fsp3) is 0.368. The van der Waals surface area contributed by atoms with Gasteiger partial charge in [0.15, 0.2) is 12.3 Å². The van der Waals surface area contributed by atoms with Crippen molar-refractivity contribution in [3.63, 3.8) is 0 Å². The van der Waals surface area contributed by atoms with Gasteiger partial charge < -0.3 is 19.9 Å². The third-order valence-corrected chi connectivity index (χ3v) is 4.58. The van der Waals surface area contributed by atoms with E-state index in [9.17, 15) is 19.2 Å². The molecule has 0 radical (unpaired) electrons. The summed E-state index contributed by atoms with van der Waals surface area (Å²) in [5.74, 6) is -1.66. The molecule has 1 fully saturated rings. The van der Waals surface area contributed by atoms with Gasteiger partial charge >= 0.3 is 17.6 Å². The van der Waals surface area contributed by atoms with Gasteiger partial charge in [0, 0.05) is 31.6 Å². The molecule has 2 heterocycles. The second-order valence-corrected chi connectivity index (χ2v) is 6.52. The number of nitrogens with one attached hydrogen (secondary N) is 1. The van der Waals surface area contributed by atoms with Gasteiger partial charge in [-0.05, 0) is 12.1 Å². The number of nitrogens with two attached hydrogens (primary N) is 1. The Morgan fingerprint density at radius 1 is 1.21 bits per heavy atom. The summed E-state index contributed by atoms with van der Waals surface area (Å²) in [5.41, 5.74) is 4.93. The first-order valence-electron chi connectivity index (χ1n) is 8.97. The van der Waals surface area contributed by atoms with E-state index in [1.807, 2.05) is 0 Å². The number of rotatable bonds is 6. The van der Waals surface area contributed by atoms with Crippen molar-refractivity contribution in [2.45, 2.75) is 25.4 Å². The predicted octanol–water partition coefficient (Wildman–Crippen LogP) is -0.202. The third kappa shape index (κ3) is 4.61. The number of aromatic amines is 1. The second-order valence-electron chi connectivity index (χ2n) is 6.52. The molecule has 0 amide bonds. The predicted molar refractivity (Wildman–Crippen MR) is 100 cm³/mol. The molecular weight excluding hydrogens is 382 g/mol. The Balaban J connectivity index is 1.82. The lowest BCUT2D eigenvalue weighted by Crippen LogP contribution is -2.40. The molecule has 0 bridgehead atoms. The van der Waals surface area contributed by atoms with E-state index >= 15 is 0 Å². The molecule has 0 saturated carbocycles. The van der Waals surface area contributed by atoms with Crippen molar-refractivity contribution in [3.8, 4) is 0 Å². The highest BCUT2D eigenvalue weighted by Gasteiger charge is 2.47. The van der Waals surface area contributed by atoms with Crippen molar-refractivity contribution in [2.75, 3.05) is 13.2 Å². The van der Waals surface area contributed by atoms with Gasteiger partial charge in [0.25, 0.3) is 5.56 Å². The van der Waals surface area contributed by atoms with E-state index in [2.05, 4.69) is 4.98 Å². The van der Waals surface area contributed by atoms with E-state index in [1.54, 1.807) is 30.3 Å². The minimum atomic E-state index is -1.03. The third-order valence-electron chi connectivity index (χ3n) is 4.58. The SMILES string of the molecule is CC(=O)O[C@@H]1[C@H](CN)[C@@H](COC(=O)c2ccccc2)O[C@H]1n1ccc(=O)[nH]c1=O. The van der Waals surface area contributed by atoms with Crippen LogP contribution in [0.15, 0.2) is 52.2 Å². The summed E-state index contributed by atoms with van der Waals surface area (Å²) in [6.45, 7) is 1.13. The van der Waals surface area contributed by atoms with Gasteiger partial charge in [-0.3, -0.25) is 19.1 Å². The lowest BCUT2D eigenvalue weighted by Gasteiger charge is -2.23. The van der Waals surface area contributed by atoms with Gasteiger partial charge in [-0.15, -0.1) is 0 Å². The lowest BCUT2D eigenvalue weighted by atomic mass is 9.98. The number of carbonyl (C=O) groups excluding carboxylic acids is 2. The smallest absolute Gasteiger partial charge is 0.338 e.